The number of piperidine rings is 1. The number of ether oxygens (including phenoxy) is 1. The van der Waals surface area contributed by atoms with Crippen LogP contribution in [-0.2, 0) is 6.54 Å². The molecule has 0 saturated carbocycles. The van der Waals surface area contributed by atoms with Gasteiger partial charge in [-0.25, -0.2) is 0 Å². The Morgan fingerprint density at radius 1 is 1.33 bits per heavy atom. The van der Waals surface area contributed by atoms with Crippen LogP contribution in [0, 0.1) is 0 Å². The van der Waals surface area contributed by atoms with E-state index in [9.17, 15) is 0 Å². The Kier molecular flexibility index (Phi) is 6.47. The van der Waals surface area contributed by atoms with Crippen LogP contribution in [0.5, 0.6) is 5.75 Å². The molecule has 0 amide bonds. The second kappa shape index (κ2) is 7.62. The van der Waals surface area contributed by atoms with Crippen molar-refractivity contribution >= 4 is 12.4 Å². The standard InChI is InChI=1S/C14H22N2O.ClH/c1-2-17-14-5-3-4-12(10-14)11-16-8-6-13(15)7-9-16;/h3-5,10,13H,2,6-9,11,15H2,1H3;1H. The summed E-state index contributed by atoms with van der Waals surface area (Å²) in [6.45, 7) is 5.97. The molecule has 18 heavy (non-hydrogen) atoms. The van der Waals surface area contributed by atoms with Gasteiger partial charge in [0.15, 0.2) is 0 Å². The highest BCUT2D eigenvalue weighted by molar-refractivity contribution is 5.85. The molecule has 1 saturated heterocycles. The van der Waals surface area contributed by atoms with E-state index in [1.807, 2.05) is 13.0 Å². The molecule has 102 valence electrons. The van der Waals surface area contributed by atoms with Crippen molar-refractivity contribution in [3.8, 4) is 5.75 Å². The summed E-state index contributed by atoms with van der Waals surface area (Å²) in [5.74, 6) is 0.971. The molecule has 1 aromatic rings. The zero-order chi connectivity index (χ0) is 12.1. The van der Waals surface area contributed by atoms with E-state index in [2.05, 4.69) is 23.1 Å². The maximum atomic E-state index is 5.91. The van der Waals surface area contributed by atoms with Crippen molar-refractivity contribution in [2.24, 2.45) is 5.73 Å². The number of likely N-dealkylation sites (tertiary alicyclic amines) is 1. The summed E-state index contributed by atoms with van der Waals surface area (Å²) < 4.78 is 5.51. The zero-order valence-corrected chi connectivity index (χ0v) is 11.8. The fourth-order valence-corrected chi connectivity index (χ4v) is 2.27. The first-order valence-electron chi connectivity index (χ1n) is 6.47. The molecular weight excluding hydrogens is 248 g/mol. The minimum atomic E-state index is 0. The molecule has 0 unspecified atom stereocenters. The van der Waals surface area contributed by atoms with Gasteiger partial charge in [0.1, 0.15) is 5.75 Å². The molecule has 2 N–H and O–H groups in total. The highest BCUT2D eigenvalue weighted by Crippen LogP contribution is 2.17. The summed E-state index contributed by atoms with van der Waals surface area (Å²) in [5, 5.41) is 0. The van der Waals surface area contributed by atoms with Crippen LogP contribution in [0.15, 0.2) is 24.3 Å². The molecule has 2 rings (SSSR count). The van der Waals surface area contributed by atoms with Gasteiger partial charge in [-0.05, 0) is 50.6 Å². The van der Waals surface area contributed by atoms with Gasteiger partial charge in [-0.2, -0.15) is 0 Å². The molecule has 1 aliphatic heterocycles. The van der Waals surface area contributed by atoms with E-state index in [-0.39, 0.29) is 12.4 Å². The van der Waals surface area contributed by atoms with E-state index in [0.717, 1.165) is 44.8 Å². The van der Waals surface area contributed by atoms with Gasteiger partial charge in [0, 0.05) is 12.6 Å². The van der Waals surface area contributed by atoms with Crippen molar-refractivity contribution in [3.05, 3.63) is 29.8 Å². The number of halogens is 1. The minimum Gasteiger partial charge on any atom is -0.494 e. The van der Waals surface area contributed by atoms with Crippen molar-refractivity contribution in [2.75, 3.05) is 19.7 Å². The predicted octanol–water partition coefficient (Wildman–Crippen LogP) is 2.43. The number of rotatable bonds is 4. The van der Waals surface area contributed by atoms with Crippen LogP contribution < -0.4 is 10.5 Å². The van der Waals surface area contributed by atoms with Crippen LogP contribution in [-0.4, -0.2) is 30.6 Å². The number of hydrogen-bond donors (Lipinski definition) is 1. The molecule has 0 atom stereocenters. The average Bonchev–Trinajstić information content (AvgIpc) is 2.33. The van der Waals surface area contributed by atoms with E-state index in [4.69, 9.17) is 10.5 Å². The third-order valence-electron chi connectivity index (χ3n) is 3.25. The first-order chi connectivity index (χ1) is 8.28. The van der Waals surface area contributed by atoms with Crippen molar-refractivity contribution in [2.45, 2.75) is 32.4 Å². The van der Waals surface area contributed by atoms with Gasteiger partial charge < -0.3 is 10.5 Å². The molecular formula is C14H23ClN2O. The molecule has 1 aliphatic rings. The van der Waals surface area contributed by atoms with Crippen molar-refractivity contribution < 1.29 is 4.74 Å². The zero-order valence-electron chi connectivity index (χ0n) is 11.0. The highest BCUT2D eigenvalue weighted by Gasteiger charge is 2.15. The summed E-state index contributed by atoms with van der Waals surface area (Å²) in [7, 11) is 0. The Balaban J connectivity index is 0.00000162. The van der Waals surface area contributed by atoms with E-state index in [1.54, 1.807) is 0 Å². The molecule has 0 radical (unpaired) electrons. The number of nitrogens with two attached hydrogens (primary N) is 1. The highest BCUT2D eigenvalue weighted by atomic mass is 35.5. The van der Waals surface area contributed by atoms with Crippen LogP contribution in [0.1, 0.15) is 25.3 Å². The van der Waals surface area contributed by atoms with Gasteiger partial charge in [-0.3, -0.25) is 4.90 Å². The lowest BCUT2D eigenvalue weighted by Gasteiger charge is -2.30. The summed E-state index contributed by atoms with van der Waals surface area (Å²) >= 11 is 0. The summed E-state index contributed by atoms with van der Waals surface area (Å²) in [6, 6.07) is 8.78. The minimum absolute atomic E-state index is 0. The Morgan fingerprint density at radius 3 is 2.72 bits per heavy atom. The maximum Gasteiger partial charge on any atom is 0.119 e. The maximum absolute atomic E-state index is 5.91. The first kappa shape index (κ1) is 15.3. The van der Waals surface area contributed by atoms with Crippen LogP contribution in [0.4, 0.5) is 0 Å². The number of nitrogens with zero attached hydrogens (tertiary/aromatic N) is 1. The van der Waals surface area contributed by atoms with E-state index in [0.29, 0.717) is 6.04 Å². The number of hydrogen-bond acceptors (Lipinski definition) is 3. The third kappa shape index (κ3) is 4.48. The summed E-state index contributed by atoms with van der Waals surface area (Å²) in [6.07, 6.45) is 2.23. The molecule has 4 heteroatoms. The Labute approximate surface area is 116 Å². The van der Waals surface area contributed by atoms with Crippen LogP contribution in [0.25, 0.3) is 0 Å². The topological polar surface area (TPSA) is 38.5 Å². The van der Waals surface area contributed by atoms with Gasteiger partial charge in [0.2, 0.25) is 0 Å². The fraction of sp³-hybridized carbons (Fsp3) is 0.571. The average molecular weight is 271 g/mol. The SMILES string of the molecule is CCOc1cccc(CN2CCC(N)CC2)c1.Cl. The quantitative estimate of drug-likeness (QED) is 0.913. The van der Waals surface area contributed by atoms with Crippen LogP contribution >= 0.6 is 12.4 Å². The Hall–Kier alpha value is -0.770. The normalized spacial score (nSPS) is 17.2. The lowest BCUT2D eigenvalue weighted by Crippen LogP contribution is -2.39. The molecule has 0 aliphatic carbocycles. The van der Waals surface area contributed by atoms with Gasteiger partial charge in [0.25, 0.3) is 0 Å². The molecule has 0 aromatic heterocycles. The van der Waals surface area contributed by atoms with Crippen molar-refractivity contribution in [1.29, 1.82) is 0 Å². The first-order valence-corrected chi connectivity index (χ1v) is 6.47. The third-order valence-corrected chi connectivity index (χ3v) is 3.25. The van der Waals surface area contributed by atoms with Crippen molar-refractivity contribution in [3.63, 3.8) is 0 Å². The van der Waals surface area contributed by atoms with Gasteiger partial charge in [0.05, 0.1) is 6.61 Å². The molecule has 1 aromatic carbocycles. The van der Waals surface area contributed by atoms with E-state index >= 15 is 0 Å². The molecule has 1 fully saturated rings. The van der Waals surface area contributed by atoms with E-state index in [1.165, 1.54) is 5.56 Å². The number of benzene rings is 1. The molecule has 1 heterocycles. The van der Waals surface area contributed by atoms with E-state index < -0.39 is 0 Å². The molecule has 3 nitrogen and oxygen atoms in total. The van der Waals surface area contributed by atoms with Crippen LogP contribution in [0.3, 0.4) is 0 Å². The largest absolute Gasteiger partial charge is 0.494 e. The van der Waals surface area contributed by atoms with Crippen molar-refractivity contribution in [1.82, 2.24) is 4.90 Å². The van der Waals surface area contributed by atoms with Gasteiger partial charge in [-0.1, -0.05) is 12.1 Å². The van der Waals surface area contributed by atoms with Gasteiger partial charge >= 0.3 is 0 Å². The monoisotopic (exact) mass is 270 g/mol. The summed E-state index contributed by atoms with van der Waals surface area (Å²) in [5.41, 5.74) is 7.23. The Bertz CT molecular complexity index is 351. The fourth-order valence-electron chi connectivity index (χ4n) is 2.27. The smallest absolute Gasteiger partial charge is 0.119 e. The molecule has 0 spiro atoms. The molecule has 0 bridgehead atoms. The second-order valence-electron chi connectivity index (χ2n) is 4.69. The van der Waals surface area contributed by atoms with Crippen LogP contribution in [0.2, 0.25) is 0 Å². The summed E-state index contributed by atoms with van der Waals surface area (Å²) in [4.78, 5) is 2.47. The second-order valence-corrected chi connectivity index (χ2v) is 4.69. The van der Waals surface area contributed by atoms with Gasteiger partial charge in [-0.15, -0.1) is 12.4 Å². The Morgan fingerprint density at radius 2 is 2.06 bits per heavy atom. The lowest BCUT2D eigenvalue weighted by atomic mass is 10.1. The lowest BCUT2D eigenvalue weighted by molar-refractivity contribution is 0.205. The predicted molar refractivity (Wildman–Crippen MR) is 77.3 cm³/mol.